The van der Waals surface area contributed by atoms with Crippen LogP contribution in [0.25, 0.3) is 10.9 Å². The minimum absolute atomic E-state index is 0.132. The van der Waals surface area contributed by atoms with Gasteiger partial charge in [-0.1, -0.05) is 28.1 Å². The van der Waals surface area contributed by atoms with Crippen LogP contribution in [0, 0.1) is 4.77 Å². The van der Waals surface area contributed by atoms with Gasteiger partial charge in [0.05, 0.1) is 17.4 Å². The number of fused-ring (bicyclic) bond motifs is 1. The second kappa shape index (κ2) is 9.27. The van der Waals surface area contributed by atoms with Gasteiger partial charge in [0, 0.05) is 30.3 Å². The molecule has 3 rings (SSSR count). The summed E-state index contributed by atoms with van der Waals surface area (Å²) in [5, 5.41) is 3.41. The summed E-state index contributed by atoms with van der Waals surface area (Å²) in [5.41, 5.74) is 2.00. The van der Waals surface area contributed by atoms with E-state index in [1.54, 1.807) is 25.3 Å². The van der Waals surface area contributed by atoms with Gasteiger partial charge >= 0.3 is 0 Å². The number of aromatic amines is 1. The van der Waals surface area contributed by atoms with Crippen LogP contribution in [0.1, 0.15) is 22.3 Å². The monoisotopic (exact) mass is 461 g/mol. The number of H-pyrrole nitrogens is 1. The van der Waals surface area contributed by atoms with E-state index in [0.29, 0.717) is 40.9 Å². The van der Waals surface area contributed by atoms with Crippen molar-refractivity contribution in [2.75, 3.05) is 20.3 Å². The quantitative estimate of drug-likeness (QED) is 0.415. The highest BCUT2D eigenvalue weighted by Crippen LogP contribution is 2.16. The van der Waals surface area contributed by atoms with Crippen LogP contribution >= 0.6 is 28.1 Å². The van der Waals surface area contributed by atoms with Gasteiger partial charge in [-0.2, -0.15) is 0 Å². The number of nitrogens with one attached hydrogen (secondary N) is 2. The van der Waals surface area contributed by atoms with Gasteiger partial charge < -0.3 is 15.0 Å². The van der Waals surface area contributed by atoms with Crippen LogP contribution in [0.3, 0.4) is 0 Å². The van der Waals surface area contributed by atoms with E-state index < -0.39 is 0 Å². The summed E-state index contributed by atoms with van der Waals surface area (Å²) < 4.78 is 7.67. The topological polar surface area (TPSA) is 76.1 Å². The molecule has 1 amide bonds. The largest absolute Gasteiger partial charge is 0.385 e. The molecule has 6 nitrogen and oxygen atoms in total. The average molecular weight is 462 g/mol. The number of halogens is 1. The van der Waals surface area contributed by atoms with Gasteiger partial charge in [-0.15, -0.1) is 0 Å². The number of carbonyl (C=O) groups is 1. The van der Waals surface area contributed by atoms with Gasteiger partial charge in [-0.3, -0.25) is 14.2 Å². The van der Waals surface area contributed by atoms with E-state index >= 15 is 0 Å². The van der Waals surface area contributed by atoms with E-state index in [2.05, 4.69) is 26.2 Å². The lowest BCUT2D eigenvalue weighted by atomic mass is 10.1. The van der Waals surface area contributed by atoms with Crippen molar-refractivity contribution in [1.82, 2.24) is 14.9 Å². The molecule has 0 saturated carbocycles. The second-order valence-corrected chi connectivity index (χ2v) is 7.61. The Bertz CT molecular complexity index is 1110. The van der Waals surface area contributed by atoms with Gasteiger partial charge in [0.25, 0.3) is 11.5 Å². The van der Waals surface area contributed by atoms with Crippen molar-refractivity contribution in [1.29, 1.82) is 0 Å². The maximum absolute atomic E-state index is 12.8. The molecule has 0 aliphatic rings. The Balaban J connectivity index is 1.78. The Morgan fingerprint density at radius 2 is 2.00 bits per heavy atom. The lowest BCUT2D eigenvalue weighted by molar-refractivity contribution is 0.0948. The Morgan fingerprint density at radius 1 is 1.25 bits per heavy atom. The summed E-state index contributed by atoms with van der Waals surface area (Å²) in [5.74, 6) is -0.132. The third kappa shape index (κ3) is 4.76. The molecule has 0 saturated heterocycles. The normalized spacial score (nSPS) is 10.9. The Labute approximate surface area is 175 Å². The van der Waals surface area contributed by atoms with Crippen LogP contribution in [0.5, 0.6) is 0 Å². The predicted molar refractivity (Wildman–Crippen MR) is 115 cm³/mol. The SMILES string of the molecule is COCCCNC(=O)c1ccc(Cn2c(=S)[nH]c3ccc(Br)cc3c2=O)cc1. The average Bonchev–Trinajstić information content (AvgIpc) is 2.69. The van der Waals surface area contributed by atoms with E-state index in [1.165, 1.54) is 4.57 Å². The van der Waals surface area contributed by atoms with E-state index in [-0.39, 0.29) is 11.5 Å². The molecular weight excluding hydrogens is 442 g/mol. The molecule has 0 aliphatic carbocycles. The van der Waals surface area contributed by atoms with Crippen molar-refractivity contribution >= 4 is 45.0 Å². The zero-order chi connectivity index (χ0) is 20.1. The minimum Gasteiger partial charge on any atom is -0.385 e. The van der Waals surface area contributed by atoms with Crippen molar-refractivity contribution in [3.63, 3.8) is 0 Å². The van der Waals surface area contributed by atoms with Crippen LogP contribution in [0.2, 0.25) is 0 Å². The molecule has 146 valence electrons. The molecule has 8 heteroatoms. The first-order valence-corrected chi connectivity index (χ1v) is 9.98. The fraction of sp³-hybridized carbons (Fsp3) is 0.250. The van der Waals surface area contributed by atoms with E-state index in [0.717, 1.165) is 16.5 Å². The van der Waals surface area contributed by atoms with Gasteiger partial charge in [0.15, 0.2) is 4.77 Å². The summed E-state index contributed by atoms with van der Waals surface area (Å²) >= 11 is 8.75. The molecule has 2 aromatic carbocycles. The van der Waals surface area contributed by atoms with Crippen molar-refractivity contribution in [3.8, 4) is 0 Å². The smallest absolute Gasteiger partial charge is 0.262 e. The van der Waals surface area contributed by atoms with Gasteiger partial charge in [-0.25, -0.2) is 0 Å². The number of amides is 1. The summed E-state index contributed by atoms with van der Waals surface area (Å²) in [6.45, 7) is 1.49. The zero-order valence-electron chi connectivity index (χ0n) is 15.3. The standard InChI is InChI=1S/C20H20BrN3O3S/c1-27-10-2-9-22-18(25)14-5-3-13(4-6-14)12-24-19(26)16-11-15(21)7-8-17(16)23-20(24)28/h3-8,11H,2,9-10,12H2,1H3,(H,22,25)(H,23,28). The maximum atomic E-state index is 12.8. The van der Waals surface area contributed by atoms with Gasteiger partial charge in [0.2, 0.25) is 0 Å². The molecule has 1 heterocycles. The highest BCUT2D eigenvalue weighted by atomic mass is 79.9. The highest BCUT2D eigenvalue weighted by Gasteiger charge is 2.09. The van der Waals surface area contributed by atoms with Crippen molar-refractivity contribution in [2.45, 2.75) is 13.0 Å². The molecular formula is C20H20BrN3O3S. The Hall–Kier alpha value is -2.29. The Kier molecular flexibility index (Phi) is 6.77. The van der Waals surface area contributed by atoms with E-state index in [9.17, 15) is 9.59 Å². The number of aromatic nitrogens is 2. The predicted octanol–water partition coefficient (Wildman–Crippen LogP) is 3.64. The van der Waals surface area contributed by atoms with Crippen LogP contribution in [0.15, 0.2) is 51.7 Å². The summed E-state index contributed by atoms with van der Waals surface area (Å²) in [4.78, 5) is 28.1. The number of hydrogen-bond acceptors (Lipinski definition) is 4. The number of hydrogen-bond donors (Lipinski definition) is 2. The molecule has 0 unspecified atom stereocenters. The first-order valence-electron chi connectivity index (χ1n) is 8.78. The van der Waals surface area contributed by atoms with Crippen molar-refractivity contribution < 1.29 is 9.53 Å². The van der Waals surface area contributed by atoms with Crippen LogP contribution in [0.4, 0.5) is 0 Å². The highest BCUT2D eigenvalue weighted by molar-refractivity contribution is 9.10. The first kappa shape index (κ1) is 20.4. The first-order chi connectivity index (χ1) is 13.5. The fourth-order valence-electron chi connectivity index (χ4n) is 2.83. The fourth-order valence-corrected chi connectivity index (χ4v) is 3.45. The van der Waals surface area contributed by atoms with Crippen molar-refractivity contribution in [2.24, 2.45) is 0 Å². The van der Waals surface area contributed by atoms with Gasteiger partial charge in [0.1, 0.15) is 0 Å². The number of rotatable bonds is 7. The lowest BCUT2D eigenvalue weighted by Gasteiger charge is -2.10. The number of methoxy groups -OCH3 is 1. The van der Waals surface area contributed by atoms with Crippen LogP contribution in [-0.4, -0.2) is 35.7 Å². The molecule has 0 fully saturated rings. The molecule has 3 aromatic rings. The number of benzene rings is 2. The maximum Gasteiger partial charge on any atom is 0.262 e. The summed E-state index contributed by atoms with van der Waals surface area (Å²) in [7, 11) is 1.63. The van der Waals surface area contributed by atoms with Crippen LogP contribution in [-0.2, 0) is 11.3 Å². The second-order valence-electron chi connectivity index (χ2n) is 6.31. The summed E-state index contributed by atoms with van der Waals surface area (Å²) in [6.07, 6.45) is 0.763. The minimum atomic E-state index is -0.153. The van der Waals surface area contributed by atoms with Gasteiger partial charge in [-0.05, 0) is 54.5 Å². The Morgan fingerprint density at radius 3 is 2.71 bits per heavy atom. The molecule has 1 aromatic heterocycles. The van der Waals surface area contributed by atoms with E-state index in [4.69, 9.17) is 17.0 Å². The molecule has 0 aliphatic heterocycles. The van der Waals surface area contributed by atoms with Crippen LogP contribution < -0.4 is 10.9 Å². The number of ether oxygens (including phenoxy) is 1. The molecule has 0 spiro atoms. The molecule has 2 N–H and O–H groups in total. The number of nitrogens with zero attached hydrogens (tertiary/aromatic N) is 1. The number of carbonyl (C=O) groups excluding carboxylic acids is 1. The molecule has 0 bridgehead atoms. The summed E-state index contributed by atoms with van der Waals surface area (Å²) in [6, 6.07) is 12.6. The third-order valence-corrected chi connectivity index (χ3v) is 5.13. The van der Waals surface area contributed by atoms with Crippen molar-refractivity contribution in [3.05, 3.63) is 73.2 Å². The molecule has 0 atom stereocenters. The molecule has 0 radical (unpaired) electrons. The lowest BCUT2D eigenvalue weighted by Crippen LogP contribution is -2.25. The van der Waals surface area contributed by atoms with E-state index in [1.807, 2.05) is 24.3 Å². The molecule has 28 heavy (non-hydrogen) atoms. The zero-order valence-corrected chi connectivity index (χ0v) is 17.7. The third-order valence-electron chi connectivity index (χ3n) is 4.31.